The lowest BCUT2D eigenvalue weighted by atomic mass is 9.76. The maximum atomic E-state index is 6.63. The van der Waals surface area contributed by atoms with E-state index in [0.29, 0.717) is 12.7 Å². The number of hydrogen-bond donors (Lipinski definition) is 0. The first-order valence-electron chi connectivity index (χ1n) is 9.35. The number of benzene rings is 2. The van der Waals surface area contributed by atoms with Crippen molar-refractivity contribution in [2.24, 2.45) is 0 Å². The molecule has 2 aromatic rings. The second-order valence-electron chi connectivity index (χ2n) is 7.39. The van der Waals surface area contributed by atoms with Crippen LogP contribution >= 0.6 is 0 Å². The van der Waals surface area contributed by atoms with Crippen LogP contribution in [-0.2, 0) is 4.74 Å². The summed E-state index contributed by atoms with van der Waals surface area (Å²) in [6.45, 7) is 0.576. The molecule has 6 rings (SSSR count). The van der Waals surface area contributed by atoms with Gasteiger partial charge in [-0.3, -0.25) is 0 Å². The lowest BCUT2D eigenvalue weighted by Gasteiger charge is -2.41. The third kappa shape index (κ3) is 2.13. The largest absolute Gasteiger partial charge is 0.454 e. The molecule has 0 saturated heterocycles. The van der Waals surface area contributed by atoms with Crippen molar-refractivity contribution in [3.8, 4) is 23.0 Å². The van der Waals surface area contributed by atoms with Crippen LogP contribution < -0.4 is 18.9 Å². The van der Waals surface area contributed by atoms with E-state index in [1.165, 1.54) is 30.4 Å². The molecule has 134 valence electrons. The summed E-state index contributed by atoms with van der Waals surface area (Å²) in [7, 11) is 0. The fourth-order valence-corrected chi connectivity index (χ4v) is 4.72. The summed E-state index contributed by atoms with van der Waals surface area (Å²) in [4.78, 5) is 0. The molecule has 3 unspecified atom stereocenters. The van der Waals surface area contributed by atoms with Crippen molar-refractivity contribution in [2.75, 3.05) is 13.6 Å². The number of hydrogen-bond acceptors (Lipinski definition) is 5. The zero-order chi connectivity index (χ0) is 17.1. The van der Waals surface area contributed by atoms with Crippen LogP contribution in [0.15, 0.2) is 30.3 Å². The van der Waals surface area contributed by atoms with Crippen LogP contribution in [0.2, 0.25) is 0 Å². The van der Waals surface area contributed by atoms with E-state index in [9.17, 15) is 0 Å². The van der Waals surface area contributed by atoms with Crippen LogP contribution in [0.4, 0.5) is 0 Å². The van der Waals surface area contributed by atoms with E-state index in [-0.39, 0.29) is 19.0 Å². The Balaban J connectivity index is 1.49. The van der Waals surface area contributed by atoms with Gasteiger partial charge in [-0.25, -0.2) is 0 Å². The lowest BCUT2D eigenvalue weighted by molar-refractivity contribution is -0.0390. The molecular weight excluding hydrogens is 332 g/mol. The topological polar surface area (TPSA) is 46.2 Å². The van der Waals surface area contributed by atoms with E-state index >= 15 is 0 Å². The average molecular weight is 352 g/mol. The summed E-state index contributed by atoms with van der Waals surface area (Å²) in [5, 5.41) is 0. The van der Waals surface area contributed by atoms with Crippen molar-refractivity contribution in [2.45, 2.75) is 43.8 Å². The van der Waals surface area contributed by atoms with Crippen LogP contribution in [-0.4, -0.2) is 19.7 Å². The Morgan fingerprint density at radius 3 is 2.23 bits per heavy atom. The van der Waals surface area contributed by atoms with Gasteiger partial charge in [0.25, 0.3) is 0 Å². The van der Waals surface area contributed by atoms with Crippen molar-refractivity contribution < 1.29 is 23.7 Å². The molecule has 3 aliphatic heterocycles. The summed E-state index contributed by atoms with van der Waals surface area (Å²) >= 11 is 0. The van der Waals surface area contributed by atoms with Gasteiger partial charge in [-0.15, -0.1) is 0 Å². The highest BCUT2D eigenvalue weighted by Crippen LogP contribution is 2.51. The summed E-state index contributed by atoms with van der Waals surface area (Å²) in [6, 6.07) is 10.4. The minimum atomic E-state index is -0.117. The normalized spacial score (nSPS) is 27.8. The van der Waals surface area contributed by atoms with Gasteiger partial charge >= 0.3 is 0 Å². The molecule has 0 radical (unpaired) electrons. The van der Waals surface area contributed by atoms with E-state index in [1.54, 1.807) is 0 Å². The molecule has 0 N–H and O–H groups in total. The fraction of sp³-hybridized carbons (Fsp3) is 0.429. The molecule has 0 amide bonds. The van der Waals surface area contributed by atoms with Gasteiger partial charge in [0.2, 0.25) is 13.6 Å². The summed E-state index contributed by atoms with van der Waals surface area (Å²) in [5.74, 6) is 3.70. The molecule has 3 heterocycles. The molecule has 1 fully saturated rings. The Morgan fingerprint density at radius 2 is 1.38 bits per heavy atom. The Labute approximate surface area is 151 Å². The standard InChI is InChI=1S/C21H20O5/c1-2-4-16-13(3-1)14-8-19-20(25-11-24-19)9-15(14)21(26-16)12-5-6-17-18(7-12)23-10-22-17/h5-9,13,16,21H,1-4,10-11H2. The second-order valence-corrected chi connectivity index (χ2v) is 7.39. The third-order valence-electron chi connectivity index (χ3n) is 5.97. The molecule has 26 heavy (non-hydrogen) atoms. The van der Waals surface area contributed by atoms with Gasteiger partial charge in [-0.2, -0.15) is 0 Å². The van der Waals surface area contributed by atoms with E-state index in [0.717, 1.165) is 35.0 Å². The molecule has 0 aromatic heterocycles. The van der Waals surface area contributed by atoms with Crippen LogP contribution in [0.25, 0.3) is 0 Å². The van der Waals surface area contributed by atoms with Crippen LogP contribution in [0.1, 0.15) is 54.4 Å². The van der Waals surface area contributed by atoms with Crippen LogP contribution in [0, 0.1) is 0 Å². The molecule has 3 atom stereocenters. The monoisotopic (exact) mass is 352 g/mol. The van der Waals surface area contributed by atoms with E-state index in [4.69, 9.17) is 23.7 Å². The first-order valence-corrected chi connectivity index (χ1v) is 9.35. The van der Waals surface area contributed by atoms with Crippen LogP contribution in [0.3, 0.4) is 0 Å². The van der Waals surface area contributed by atoms with Crippen molar-refractivity contribution in [1.82, 2.24) is 0 Å². The van der Waals surface area contributed by atoms with Gasteiger partial charge in [-0.05, 0) is 53.8 Å². The smallest absolute Gasteiger partial charge is 0.231 e. The van der Waals surface area contributed by atoms with Gasteiger partial charge in [0.05, 0.1) is 6.10 Å². The lowest BCUT2D eigenvalue weighted by Crippen LogP contribution is -2.33. The van der Waals surface area contributed by atoms with E-state index in [1.807, 2.05) is 12.1 Å². The fourth-order valence-electron chi connectivity index (χ4n) is 4.72. The average Bonchev–Trinajstić information content (AvgIpc) is 3.33. The van der Waals surface area contributed by atoms with Gasteiger partial charge in [0.15, 0.2) is 23.0 Å². The van der Waals surface area contributed by atoms with E-state index < -0.39 is 0 Å². The minimum Gasteiger partial charge on any atom is -0.454 e. The van der Waals surface area contributed by atoms with Gasteiger partial charge in [0, 0.05) is 5.92 Å². The number of ether oxygens (including phenoxy) is 5. The molecular formula is C21H20O5. The van der Waals surface area contributed by atoms with Crippen molar-refractivity contribution in [3.05, 3.63) is 47.0 Å². The summed E-state index contributed by atoms with van der Waals surface area (Å²) < 4.78 is 28.9. The maximum Gasteiger partial charge on any atom is 0.231 e. The summed E-state index contributed by atoms with van der Waals surface area (Å²) in [6.07, 6.45) is 4.91. The highest BCUT2D eigenvalue weighted by molar-refractivity contribution is 5.55. The van der Waals surface area contributed by atoms with Gasteiger partial charge in [-0.1, -0.05) is 18.9 Å². The molecule has 4 aliphatic rings. The molecule has 5 nitrogen and oxygen atoms in total. The molecule has 2 aromatic carbocycles. The molecule has 0 bridgehead atoms. The minimum absolute atomic E-state index is 0.117. The zero-order valence-corrected chi connectivity index (χ0v) is 14.4. The first-order chi connectivity index (χ1) is 12.9. The molecule has 1 aliphatic carbocycles. The SMILES string of the molecule is c1cc2c(cc1C1OC3CCCCC3c3cc4c(cc31)OCO4)OCO2. The third-order valence-corrected chi connectivity index (χ3v) is 5.97. The Kier molecular flexibility index (Phi) is 3.14. The predicted octanol–water partition coefficient (Wildman–Crippen LogP) is 4.29. The number of fused-ring (bicyclic) bond motifs is 5. The van der Waals surface area contributed by atoms with Gasteiger partial charge < -0.3 is 23.7 Å². The Hall–Kier alpha value is -2.40. The molecule has 0 spiro atoms. The van der Waals surface area contributed by atoms with Crippen molar-refractivity contribution in [1.29, 1.82) is 0 Å². The first kappa shape index (κ1) is 14.7. The zero-order valence-electron chi connectivity index (χ0n) is 14.4. The summed E-state index contributed by atoms with van der Waals surface area (Å²) in [5.41, 5.74) is 3.64. The van der Waals surface area contributed by atoms with Gasteiger partial charge in [0.1, 0.15) is 6.10 Å². The van der Waals surface area contributed by atoms with Crippen molar-refractivity contribution in [3.63, 3.8) is 0 Å². The second kappa shape index (κ2) is 5.55. The molecule has 1 saturated carbocycles. The molecule has 5 heteroatoms. The highest BCUT2D eigenvalue weighted by atomic mass is 16.7. The van der Waals surface area contributed by atoms with Crippen LogP contribution in [0.5, 0.6) is 23.0 Å². The quantitative estimate of drug-likeness (QED) is 0.766. The highest BCUT2D eigenvalue weighted by Gasteiger charge is 2.39. The van der Waals surface area contributed by atoms with Crippen molar-refractivity contribution >= 4 is 0 Å². The maximum absolute atomic E-state index is 6.63. The number of rotatable bonds is 1. The Bertz CT molecular complexity index is 877. The Morgan fingerprint density at radius 1 is 0.692 bits per heavy atom. The predicted molar refractivity (Wildman–Crippen MR) is 93.1 cm³/mol. The van der Waals surface area contributed by atoms with E-state index in [2.05, 4.69) is 18.2 Å².